The van der Waals surface area contributed by atoms with E-state index in [1.54, 1.807) is 0 Å². The molecule has 4 heteroatoms. The standard InChI is InChI=1S/C14H15NO3/c16-14(15-8-4-1-5-9-15)13-10-17-11-6-2-3-7-12(11)18-13/h1-4,6-7,13H,5,8-10H2. The van der Waals surface area contributed by atoms with E-state index in [1.807, 2.05) is 35.2 Å². The van der Waals surface area contributed by atoms with E-state index in [2.05, 4.69) is 6.08 Å². The highest BCUT2D eigenvalue weighted by molar-refractivity contribution is 5.82. The van der Waals surface area contributed by atoms with Gasteiger partial charge in [-0.25, -0.2) is 0 Å². The van der Waals surface area contributed by atoms with Crippen molar-refractivity contribution in [1.29, 1.82) is 0 Å². The number of hydrogen-bond donors (Lipinski definition) is 0. The number of carbonyl (C=O) groups is 1. The smallest absolute Gasteiger partial charge is 0.267 e. The van der Waals surface area contributed by atoms with Crippen molar-refractivity contribution in [2.75, 3.05) is 19.7 Å². The maximum Gasteiger partial charge on any atom is 0.267 e. The normalized spacial score (nSPS) is 21.8. The number of para-hydroxylation sites is 2. The Hall–Kier alpha value is -1.97. The van der Waals surface area contributed by atoms with Crippen LogP contribution in [0, 0.1) is 0 Å². The van der Waals surface area contributed by atoms with Gasteiger partial charge in [-0.2, -0.15) is 0 Å². The van der Waals surface area contributed by atoms with E-state index in [0.29, 0.717) is 18.0 Å². The summed E-state index contributed by atoms with van der Waals surface area (Å²) in [6.07, 6.45) is 4.50. The van der Waals surface area contributed by atoms with Gasteiger partial charge in [-0.15, -0.1) is 0 Å². The first kappa shape index (κ1) is 11.1. The van der Waals surface area contributed by atoms with E-state index in [4.69, 9.17) is 9.47 Å². The SMILES string of the molecule is O=C(C1COc2ccccc2O1)N1CC=CCC1. The molecule has 0 radical (unpaired) electrons. The van der Waals surface area contributed by atoms with Gasteiger partial charge in [-0.1, -0.05) is 24.3 Å². The molecule has 1 unspecified atom stereocenters. The predicted octanol–water partition coefficient (Wildman–Crippen LogP) is 1.61. The summed E-state index contributed by atoms with van der Waals surface area (Å²) in [7, 11) is 0. The maximum absolute atomic E-state index is 12.2. The molecule has 0 N–H and O–H groups in total. The molecule has 3 rings (SSSR count). The quantitative estimate of drug-likeness (QED) is 0.706. The van der Waals surface area contributed by atoms with E-state index >= 15 is 0 Å². The van der Waals surface area contributed by atoms with Crippen molar-refractivity contribution in [3.05, 3.63) is 36.4 Å². The molecular weight excluding hydrogens is 230 g/mol. The summed E-state index contributed by atoms with van der Waals surface area (Å²) < 4.78 is 11.3. The highest BCUT2D eigenvalue weighted by atomic mass is 16.6. The molecule has 0 aromatic heterocycles. The van der Waals surface area contributed by atoms with E-state index in [0.717, 1.165) is 13.0 Å². The number of amides is 1. The number of fused-ring (bicyclic) bond motifs is 1. The molecule has 0 saturated carbocycles. The van der Waals surface area contributed by atoms with Crippen LogP contribution < -0.4 is 9.47 Å². The van der Waals surface area contributed by atoms with Crippen molar-refractivity contribution >= 4 is 5.91 Å². The Morgan fingerprint density at radius 2 is 2.06 bits per heavy atom. The molecule has 0 spiro atoms. The van der Waals surface area contributed by atoms with Crippen LogP contribution in [0.4, 0.5) is 0 Å². The Morgan fingerprint density at radius 3 is 2.83 bits per heavy atom. The van der Waals surface area contributed by atoms with Crippen LogP contribution in [0.5, 0.6) is 11.5 Å². The van der Waals surface area contributed by atoms with Crippen molar-refractivity contribution in [2.24, 2.45) is 0 Å². The topological polar surface area (TPSA) is 38.8 Å². The molecule has 1 atom stereocenters. The van der Waals surface area contributed by atoms with Gasteiger partial charge >= 0.3 is 0 Å². The third-order valence-corrected chi connectivity index (χ3v) is 3.15. The Kier molecular flexibility index (Phi) is 2.92. The number of benzene rings is 1. The summed E-state index contributed by atoms with van der Waals surface area (Å²) in [6.45, 7) is 1.72. The average Bonchev–Trinajstić information content (AvgIpc) is 2.47. The second-order valence-corrected chi connectivity index (χ2v) is 4.41. The molecule has 18 heavy (non-hydrogen) atoms. The van der Waals surface area contributed by atoms with Crippen LogP contribution in [-0.4, -0.2) is 36.6 Å². The van der Waals surface area contributed by atoms with Gasteiger partial charge in [0.2, 0.25) is 6.10 Å². The van der Waals surface area contributed by atoms with Gasteiger partial charge in [0.05, 0.1) is 0 Å². The van der Waals surface area contributed by atoms with Crippen molar-refractivity contribution in [2.45, 2.75) is 12.5 Å². The van der Waals surface area contributed by atoms with Crippen LogP contribution in [0.15, 0.2) is 36.4 Å². The minimum absolute atomic E-state index is 0.00820. The van der Waals surface area contributed by atoms with E-state index in [-0.39, 0.29) is 12.5 Å². The van der Waals surface area contributed by atoms with Gasteiger partial charge in [-0.3, -0.25) is 4.79 Å². The lowest BCUT2D eigenvalue weighted by atomic mass is 10.2. The molecule has 1 amide bonds. The average molecular weight is 245 g/mol. The van der Waals surface area contributed by atoms with Crippen molar-refractivity contribution < 1.29 is 14.3 Å². The van der Waals surface area contributed by atoms with E-state index in [9.17, 15) is 4.79 Å². The molecule has 2 aliphatic rings. The highest BCUT2D eigenvalue weighted by Crippen LogP contribution is 2.31. The van der Waals surface area contributed by atoms with Crippen molar-refractivity contribution in [3.8, 4) is 11.5 Å². The first-order valence-corrected chi connectivity index (χ1v) is 6.17. The number of carbonyl (C=O) groups excluding carboxylic acids is 1. The van der Waals surface area contributed by atoms with Crippen LogP contribution in [0.3, 0.4) is 0 Å². The zero-order valence-electron chi connectivity index (χ0n) is 10.0. The molecule has 2 heterocycles. The summed E-state index contributed by atoms with van der Waals surface area (Å²) in [5.41, 5.74) is 0. The second kappa shape index (κ2) is 4.72. The fourth-order valence-electron chi connectivity index (χ4n) is 2.19. The highest BCUT2D eigenvalue weighted by Gasteiger charge is 2.30. The minimum Gasteiger partial charge on any atom is -0.485 e. The van der Waals surface area contributed by atoms with E-state index in [1.165, 1.54) is 0 Å². The Morgan fingerprint density at radius 1 is 1.22 bits per heavy atom. The second-order valence-electron chi connectivity index (χ2n) is 4.41. The molecule has 0 aliphatic carbocycles. The van der Waals surface area contributed by atoms with Crippen LogP contribution >= 0.6 is 0 Å². The van der Waals surface area contributed by atoms with Crippen molar-refractivity contribution in [3.63, 3.8) is 0 Å². The lowest BCUT2D eigenvalue weighted by Gasteiger charge is -2.31. The third-order valence-electron chi connectivity index (χ3n) is 3.15. The van der Waals surface area contributed by atoms with Gasteiger partial charge in [0.1, 0.15) is 6.61 Å². The predicted molar refractivity (Wildman–Crippen MR) is 66.7 cm³/mol. The number of ether oxygens (including phenoxy) is 2. The molecule has 1 aromatic rings. The summed E-state index contributed by atoms with van der Waals surface area (Å²) >= 11 is 0. The Bertz CT molecular complexity index is 484. The van der Waals surface area contributed by atoms with Gasteiger partial charge in [0, 0.05) is 13.1 Å². The Balaban J connectivity index is 1.72. The van der Waals surface area contributed by atoms with Gasteiger partial charge in [0.25, 0.3) is 5.91 Å². The molecular formula is C14H15NO3. The largest absolute Gasteiger partial charge is 0.485 e. The summed E-state index contributed by atoms with van der Waals surface area (Å²) in [4.78, 5) is 14.1. The zero-order valence-corrected chi connectivity index (χ0v) is 10.0. The van der Waals surface area contributed by atoms with Crippen molar-refractivity contribution in [1.82, 2.24) is 4.90 Å². The summed E-state index contributed by atoms with van der Waals surface area (Å²) in [6, 6.07) is 7.43. The number of hydrogen-bond acceptors (Lipinski definition) is 3. The minimum atomic E-state index is -0.522. The van der Waals surface area contributed by atoms with Gasteiger partial charge < -0.3 is 14.4 Å². The molecule has 0 saturated heterocycles. The lowest BCUT2D eigenvalue weighted by Crippen LogP contribution is -2.47. The van der Waals surface area contributed by atoms with Crippen LogP contribution in [0.1, 0.15) is 6.42 Å². The summed E-state index contributed by atoms with van der Waals surface area (Å²) in [5, 5.41) is 0. The molecule has 94 valence electrons. The first-order valence-electron chi connectivity index (χ1n) is 6.17. The number of rotatable bonds is 1. The van der Waals surface area contributed by atoms with Gasteiger partial charge in [-0.05, 0) is 18.6 Å². The molecule has 4 nitrogen and oxygen atoms in total. The number of nitrogens with zero attached hydrogens (tertiary/aromatic N) is 1. The maximum atomic E-state index is 12.2. The molecule has 2 aliphatic heterocycles. The lowest BCUT2D eigenvalue weighted by molar-refractivity contribution is -0.140. The Labute approximate surface area is 106 Å². The fourth-order valence-corrected chi connectivity index (χ4v) is 2.19. The van der Waals surface area contributed by atoms with Crippen LogP contribution in [0.2, 0.25) is 0 Å². The summed E-state index contributed by atoms with van der Waals surface area (Å²) in [5.74, 6) is 1.36. The third kappa shape index (κ3) is 2.06. The molecule has 1 aromatic carbocycles. The van der Waals surface area contributed by atoms with Crippen LogP contribution in [0.25, 0.3) is 0 Å². The fraction of sp³-hybridized carbons (Fsp3) is 0.357. The zero-order chi connectivity index (χ0) is 12.4. The van der Waals surface area contributed by atoms with Crippen LogP contribution in [-0.2, 0) is 4.79 Å². The molecule has 0 bridgehead atoms. The monoisotopic (exact) mass is 245 g/mol. The van der Waals surface area contributed by atoms with Gasteiger partial charge in [0.15, 0.2) is 11.5 Å². The first-order chi connectivity index (χ1) is 8.84. The molecule has 0 fully saturated rings. The van der Waals surface area contributed by atoms with E-state index < -0.39 is 6.10 Å².